The number of aromatic hydroxyl groups is 1. The summed E-state index contributed by atoms with van der Waals surface area (Å²) in [5.41, 5.74) is 2.93. The van der Waals surface area contributed by atoms with Gasteiger partial charge in [-0.05, 0) is 48.5 Å². The minimum absolute atomic E-state index is 0.0663. The summed E-state index contributed by atoms with van der Waals surface area (Å²) in [5.74, 6) is 0.457. The van der Waals surface area contributed by atoms with Gasteiger partial charge in [0, 0.05) is 22.3 Å². The predicted octanol–water partition coefficient (Wildman–Crippen LogP) is 6.37. The highest BCUT2D eigenvalue weighted by Gasteiger charge is 2.16. The molecular formula is C24H15ClN2O4. The summed E-state index contributed by atoms with van der Waals surface area (Å²) < 4.78 is 11.4. The molecule has 2 aromatic heterocycles. The molecule has 2 heterocycles. The number of nitrogens with zero attached hydrogens (tertiary/aromatic N) is 1. The number of para-hydroxylation sites is 2. The molecule has 6 nitrogen and oxygen atoms in total. The van der Waals surface area contributed by atoms with Crippen molar-refractivity contribution in [3.8, 4) is 28.5 Å². The molecule has 5 rings (SSSR count). The van der Waals surface area contributed by atoms with Crippen molar-refractivity contribution in [3.63, 3.8) is 0 Å². The Morgan fingerprint density at radius 1 is 0.935 bits per heavy atom. The number of rotatable bonds is 4. The van der Waals surface area contributed by atoms with E-state index >= 15 is 0 Å². The molecule has 0 bridgehead atoms. The van der Waals surface area contributed by atoms with Crippen LogP contribution in [0.25, 0.3) is 33.9 Å². The Hall–Kier alpha value is -4.03. The summed E-state index contributed by atoms with van der Waals surface area (Å²) >= 11 is 6.01. The van der Waals surface area contributed by atoms with E-state index in [1.165, 1.54) is 6.07 Å². The van der Waals surface area contributed by atoms with E-state index in [9.17, 15) is 9.90 Å². The molecule has 152 valence electrons. The van der Waals surface area contributed by atoms with E-state index in [1.54, 1.807) is 48.5 Å². The van der Waals surface area contributed by atoms with Crippen LogP contribution in [-0.4, -0.2) is 16.0 Å². The first-order valence-corrected chi connectivity index (χ1v) is 9.81. The molecule has 3 aromatic carbocycles. The number of carbonyl (C=O) groups is 1. The lowest BCUT2D eigenvalue weighted by molar-refractivity contribution is 0.0997. The van der Waals surface area contributed by atoms with Crippen LogP contribution < -0.4 is 5.32 Å². The van der Waals surface area contributed by atoms with Crippen molar-refractivity contribution in [2.24, 2.45) is 0 Å². The van der Waals surface area contributed by atoms with Gasteiger partial charge in [-0.1, -0.05) is 35.9 Å². The minimum atomic E-state index is -0.442. The molecule has 7 heteroatoms. The molecule has 0 aliphatic carbocycles. The first-order chi connectivity index (χ1) is 15.1. The molecule has 0 saturated heterocycles. The average Bonchev–Trinajstić information content (AvgIpc) is 3.41. The Morgan fingerprint density at radius 3 is 2.61 bits per heavy atom. The highest BCUT2D eigenvalue weighted by molar-refractivity contribution is 6.30. The van der Waals surface area contributed by atoms with Crippen molar-refractivity contribution >= 4 is 34.3 Å². The fraction of sp³-hybridized carbons (Fsp3) is 0. The minimum Gasteiger partial charge on any atom is -0.507 e. The number of hydrogen-bond donors (Lipinski definition) is 2. The molecular weight excluding hydrogens is 416 g/mol. The van der Waals surface area contributed by atoms with Crippen LogP contribution >= 0.6 is 11.6 Å². The summed E-state index contributed by atoms with van der Waals surface area (Å²) in [7, 11) is 0. The predicted molar refractivity (Wildman–Crippen MR) is 118 cm³/mol. The number of halogens is 1. The largest absolute Gasteiger partial charge is 0.507 e. The number of phenolic OH excluding ortho intramolecular Hbond substituents is 1. The summed E-state index contributed by atoms with van der Waals surface area (Å²) in [4.78, 5) is 16.9. The first-order valence-electron chi connectivity index (χ1n) is 9.43. The maximum absolute atomic E-state index is 12.6. The number of amides is 1. The molecule has 0 unspecified atom stereocenters. The van der Waals surface area contributed by atoms with Gasteiger partial charge in [-0.15, -0.1) is 0 Å². The van der Waals surface area contributed by atoms with Crippen molar-refractivity contribution in [1.29, 1.82) is 0 Å². The lowest BCUT2D eigenvalue weighted by Gasteiger charge is -2.06. The SMILES string of the molecule is O=C(Nc1ccc(-c2nc3ccccc3o2)c(O)c1)c1ccc(-c2cccc(Cl)c2)o1. The molecule has 5 aromatic rings. The Morgan fingerprint density at radius 2 is 1.81 bits per heavy atom. The number of phenols is 1. The number of oxazole rings is 1. The first kappa shape index (κ1) is 19.0. The lowest BCUT2D eigenvalue weighted by atomic mass is 10.1. The summed E-state index contributed by atoms with van der Waals surface area (Å²) in [5, 5.41) is 13.7. The third-order valence-corrected chi connectivity index (χ3v) is 4.95. The van der Waals surface area contributed by atoms with E-state index in [0.29, 0.717) is 39.0 Å². The molecule has 0 saturated carbocycles. The van der Waals surface area contributed by atoms with Crippen molar-refractivity contribution in [3.05, 3.63) is 89.6 Å². The van der Waals surface area contributed by atoms with Gasteiger partial charge in [-0.2, -0.15) is 0 Å². The summed E-state index contributed by atoms with van der Waals surface area (Å²) in [6.07, 6.45) is 0. The standard InChI is InChI=1S/C24H15ClN2O4/c25-15-5-3-4-14(12-15)20-10-11-22(30-20)23(29)26-16-8-9-17(19(28)13-16)24-27-18-6-1-2-7-21(18)31-24/h1-13,28H,(H,26,29). The third kappa shape index (κ3) is 3.76. The van der Waals surface area contributed by atoms with Crippen molar-refractivity contribution < 1.29 is 18.7 Å². The van der Waals surface area contributed by atoms with Gasteiger partial charge in [-0.3, -0.25) is 4.79 Å². The quantitative estimate of drug-likeness (QED) is 0.346. The van der Waals surface area contributed by atoms with Gasteiger partial charge in [0.05, 0.1) is 5.56 Å². The van der Waals surface area contributed by atoms with Gasteiger partial charge in [-0.25, -0.2) is 4.98 Å². The van der Waals surface area contributed by atoms with Crippen molar-refractivity contribution in [2.45, 2.75) is 0 Å². The number of carbonyl (C=O) groups excluding carboxylic acids is 1. The van der Waals surface area contributed by atoms with Crippen LogP contribution in [0.4, 0.5) is 5.69 Å². The van der Waals surface area contributed by atoms with Gasteiger partial charge in [0.2, 0.25) is 5.89 Å². The Balaban J connectivity index is 1.36. The van der Waals surface area contributed by atoms with Crippen LogP contribution in [0.5, 0.6) is 5.75 Å². The van der Waals surface area contributed by atoms with Crippen LogP contribution in [0.2, 0.25) is 5.02 Å². The molecule has 0 atom stereocenters. The van der Waals surface area contributed by atoms with E-state index in [4.69, 9.17) is 20.4 Å². The monoisotopic (exact) mass is 430 g/mol. The topological polar surface area (TPSA) is 88.5 Å². The van der Waals surface area contributed by atoms with E-state index in [0.717, 1.165) is 5.56 Å². The van der Waals surface area contributed by atoms with Crippen LogP contribution in [0, 0.1) is 0 Å². The number of anilines is 1. The van der Waals surface area contributed by atoms with Crippen molar-refractivity contribution in [1.82, 2.24) is 4.98 Å². The molecule has 0 aliphatic rings. The summed E-state index contributed by atoms with van der Waals surface area (Å²) in [6.45, 7) is 0. The summed E-state index contributed by atoms with van der Waals surface area (Å²) in [6, 6.07) is 22.5. The number of hydrogen-bond acceptors (Lipinski definition) is 5. The highest BCUT2D eigenvalue weighted by atomic mass is 35.5. The second kappa shape index (κ2) is 7.66. The van der Waals surface area contributed by atoms with E-state index in [-0.39, 0.29) is 11.5 Å². The van der Waals surface area contributed by atoms with Gasteiger partial charge in [0.15, 0.2) is 11.3 Å². The molecule has 0 fully saturated rings. The molecule has 0 spiro atoms. The normalized spacial score (nSPS) is 11.0. The fourth-order valence-corrected chi connectivity index (χ4v) is 3.42. The highest BCUT2D eigenvalue weighted by Crippen LogP contribution is 2.33. The van der Waals surface area contributed by atoms with Crippen LogP contribution in [0.1, 0.15) is 10.6 Å². The van der Waals surface area contributed by atoms with Crippen molar-refractivity contribution in [2.75, 3.05) is 5.32 Å². The maximum atomic E-state index is 12.6. The van der Waals surface area contributed by atoms with Gasteiger partial charge in [0.25, 0.3) is 5.91 Å². The van der Waals surface area contributed by atoms with Gasteiger partial charge in [0.1, 0.15) is 17.0 Å². The zero-order valence-electron chi connectivity index (χ0n) is 16.0. The molecule has 0 aliphatic heterocycles. The molecule has 0 radical (unpaired) electrons. The second-order valence-electron chi connectivity index (χ2n) is 6.85. The zero-order valence-corrected chi connectivity index (χ0v) is 16.8. The van der Waals surface area contributed by atoms with Crippen LogP contribution in [0.3, 0.4) is 0 Å². The maximum Gasteiger partial charge on any atom is 0.291 e. The molecule has 1 amide bonds. The number of fused-ring (bicyclic) bond motifs is 1. The third-order valence-electron chi connectivity index (χ3n) is 4.72. The van der Waals surface area contributed by atoms with Gasteiger partial charge >= 0.3 is 0 Å². The molecule has 2 N–H and O–H groups in total. The van der Waals surface area contributed by atoms with Crippen LogP contribution in [-0.2, 0) is 0 Å². The zero-order chi connectivity index (χ0) is 21.4. The number of nitrogens with one attached hydrogen (secondary N) is 1. The second-order valence-corrected chi connectivity index (χ2v) is 7.28. The Labute approximate surface area is 181 Å². The smallest absolute Gasteiger partial charge is 0.291 e. The Kier molecular flexibility index (Phi) is 4.69. The Bertz CT molecular complexity index is 1390. The van der Waals surface area contributed by atoms with Gasteiger partial charge < -0.3 is 19.3 Å². The number of furan rings is 1. The van der Waals surface area contributed by atoms with E-state index in [2.05, 4.69) is 10.3 Å². The molecule has 31 heavy (non-hydrogen) atoms. The lowest BCUT2D eigenvalue weighted by Crippen LogP contribution is -2.10. The van der Waals surface area contributed by atoms with Crippen LogP contribution in [0.15, 0.2) is 87.7 Å². The number of aromatic nitrogens is 1. The average molecular weight is 431 g/mol. The van der Waals surface area contributed by atoms with E-state index < -0.39 is 5.91 Å². The number of benzene rings is 3. The van der Waals surface area contributed by atoms with E-state index in [1.807, 2.05) is 24.3 Å². The fourth-order valence-electron chi connectivity index (χ4n) is 3.23.